The van der Waals surface area contributed by atoms with Crippen molar-refractivity contribution < 1.29 is 9.84 Å². The number of rotatable bonds is 14. The molecule has 3 unspecified atom stereocenters. The molecule has 2 aromatic rings. The lowest BCUT2D eigenvalue weighted by molar-refractivity contribution is 0.176. The molecule has 0 radical (unpaired) electrons. The van der Waals surface area contributed by atoms with Crippen molar-refractivity contribution in [3.8, 4) is 22.9 Å². The molecule has 0 aromatic heterocycles. The third-order valence-corrected chi connectivity index (χ3v) is 7.76. The Labute approximate surface area is 213 Å². The van der Waals surface area contributed by atoms with Gasteiger partial charge in [0.05, 0.1) is 17.6 Å². The second kappa shape index (κ2) is 14.3. The van der Waals surface area contributed by atoms with E-state index in [1.54, 1.807) is 0 Å². The average molecular weight is 476 g/mol. The zero-order valence-corrected chi connectivity index (χ0v) is 22.0. The Hall–Kier alpha value is -2.31. The summed E-state index contributed by atoms with van der Waals surface area (Å²) >= 11 is 0. The minimum atomic E-state index is -0.195. The molecule has 1 aliphatic rings. The van der Waals surface area contributed by atoms with E-state index in [9.17, 15) is 5.26 Å². The fourth-order valence-electron chi connectivity index (χ4n) is 5.67. The Morgan fingerprint density at radius 3 is 2.29 bits per heavy atom. The van der Waals surface area contributed by atoms with E-state index in [1.165, 1.54) is 36.0 Å². The molecule has 3 atom stereocenters. The first kappa shape index (κ1) is 27.3. The number of hydrogen-bond acceptors (Lipinski definition) is 3. The van der Waals surface area contributed by atoms with Crippen LogP contribution in [0.25, 0.3) is 11.1 Å². The summed E-state index contributed by atoms with van der Waals surface area (Å²) in [6.07, 6.45) is 14.3. The van der Waals surface area contributed by atoms with Gasteiger partial charge in [-0.15, -0.1) is 0 Å². The van der Waals surface area contributed by atoms with Gasteiger partial charge in [0.1, 0.15) is 5.75 Å². The molecule has 1 fully saturated rings. The fourth-order valence-corrected chi connectivity index (χ4v) is 5.67. The van der Waals surface area contributed by atoms with E-state index in [1.807, 2.05) is 0 Å². The number of hydrogen-bond donors (Lipinski definition) is 1. The first-order valence-corrected chi connectivity index (χ1v) is 14.0. The number of ether oxygens (including phenoxy) is 1. The molecule has 0 amide bonds. The standard InChI is InChI=1S/C32H45NO2/c1-3-5-12-30(10-4-2)35-31-19-17-27(18-20-31)26-13-15-28(16-14-26)29-11-9-22-32(24-29,25-33)21-7-6-8-23-34/h13-20,29-30,34H,3-12,21-24H2,1-2H3. The van der Waals surface area contributed by atoms with E-state index >= 15 is 0 Å². The molecule has 0 aliphatic heterocycles. The summed E-state index contributed by atoms with van der Waals surface area (Å²) in [6.45, 7) is 4.71. The Bertz CT molecular complexity index is 899. The van der Waals surface area contributed by atoms with E-state index in [2.05, 4.69) is 68.4 Å². The summed E-state index contributed by atoms with van der Waals surface area (Å²) in [5.41, 5.74) is 3.60. The van der Waals surface area contributed by atoms with Gasteiger partial charge < -0.3 is 9.84 Å². The highest BCUT2D eigenvalue weighted by molar-refractivity contribution is 5.64. The molecule has 0 spiro atoms. The van der Waals surface area contributed by atoms with E-state index in [0.29, 0.717) is 12.0 Å². The van der Waals surface area contributed by atoms with Crippen molar-refractivity contribution in [2.24, 2.45) is 5.41 Å². The number of aliphatic hydroxyl groups excluding tert-OH is 1. The highest BCUT2D eigenvalue weighted by atomic mass is 16.5. The zero-order valence-electron chi connectivity index (χ0n) is 22.0. The van der Waals surface area contributed by atoms with Crippen LogP contribution in [0.5, 0.6) is 5.75 Å². The van der Waals surface area contributed by atoms with Gasteiger partial charge in [-0.1, -0.05) is 88.8 Å². The van der Waals surface area contributed by atoms with E-state index in [4.69, 9.17) is 9.84 Å². The van der Waals surface area contributed by atoms with Crippen LogP contribution in [-0.4, -0.2) is 17.8 Å². The van der Waals surface area contributed by atoms with Crippen molar-refractivity contribution in [2.45, 2.75) is 109 Å². The molecule has 1 saturated carbocycles. The molecule has 0 bridgehead atoms. The van der Waals surface area contributed by atoms with Crippen LogP contribution in [0.2, 0.25) is 0 Å². The number of nitriles is 1. The first-order chi connectivity index (χ1) is 17.1. The van der Waals surface area contributed by atoms with E-state index in [0.717, 1.165) is 70.0 Å². The Morgan fingerprint density at radius 1 is 0.943 bits per heavy atom. The predicted octanol–water partition coefficient (Wildman–Crippen LogP) is 8.81. The van der Waals surface area contributed by atoms with Crippen LogP contribution in [0.15, 0.2) is 48.5 Å². The van der Waals surface area contributed by atoms with Crippen molar-refractivity contribution in [1.29, 1.82) is 5.26 Å². The molecule has 1 N–H and O–H groups in total. The van der Waals surface area contributed by atoms with Gasteiger partial charge in [-0.2, -0.15) is 5.26 Å². The predicted molar refractivity (Wildman–Crippen MR) is 146 cm³/mol. The van der Waals surface area contributed by atoms with Crippen molar-refractivity contribution in [3.63, 3.8) is 0 Å². The number of benzene rings is 2. The number of unbranched alkanes of at least 4 members (excludes halogenated alkanes) is 3. The van der Waals surface area contributed by atoms with Crippen molar-refractivity contribution >= 4 is 0 Å². The molecular formula is C32H45NO2. The van der Waals surface area contributed by atoms with Gasteiger partial charge in [-0.3, -0.25) is 0 Å². The Morgan fingerprint density at radius 2 is 1.66 bits per heavy atom. The molecule has 3 nitrogen and oxygen atoms in total. The van der Waals surface area contributed by atoms with Gasteiger partial charge in [-0.25, -0.2) is 0 Å². The molecule has 0 saturated heterocycles. The summed E-state index contributed by atoms with van der Waals surface area (Å²) in [4.78, 5) is 0. The maximum absolute atomic E-state index is 10.00. The molecule has 0 heterocycles. The smallest absolute Gasteiger partial charge is 0.119 e. The van der Waals surface area contributed by atoms with Crippen LogP contribution < -0.4 is 4.74 Å². The van der Waals surface area contributed by atoms with Gasteiger partial charge in [-0.05, 0) is 79.7 Å². The lowest BCUT2D eigenvalue weighted by Gasteiger charge is -2.36. The summed E-state index contributed by atoms with van der Waals surface area (Å²) in [5, 5.41) is 19.0. The second-order valence-electron chi connectivity index (χ2n) is 10.5. The lowest BCUT2D eigenvalue weighted by atomic mass is 9.66. The lowest BCUT2D eigenvalue weighted by Crippen LogP contribution is -2.26. The van der Waals surface area contributed by atoms with Crippen LogP contribution in [0.1, 0.15) is 109 Å². The van der Waals surface area contributed by atoms with Gasteiger partial charge in [0, 0.05) is 6.61 Å². The second-order valence-corrected chi connectivity index (χ2v) is 10.5. The SMILES string of the molecule is CCCCC(CCC)Oc1ccc(-c2ccc(C3CCCC(C#N)(CCCCCO)C3)cc2)cc1. The monoisotopic (exact) mass is 475 g/mol. The Balaban J connectivity index is 1.61. The quantitative estimate of drug-likeness (QED) is 0.278. The Kier molecular flexibility index (Phi) is 11.1. The minimum absolute atomic E-state index is 0.195. The fraction of sp³-hybridized carbons (Fsp3) is 0.594. The maximum Gasteiger partial charge on any atom is 0.119 e. The topological polar surface area (TPSA) is 53.2 Å². The van der Waals surface area contributed by atoms with E-state index in [-0.39, 0.29) is 12.0 Å². The average Bonchev–Trinajstić information content (AvgIpc) is 2.90. The number of nitrogens with zero attached hydrogens (tertiary/aromatic N) is 1. The maximum atomic E-state index is 10.00. The van der Waals surface area contributed by atoms with Gasteiger partial charge >= 0.3 is 0 Å². The summed E-state index contributed by atoms with van der Waals surface area (Å²) < 4.78 is 6.28. The molecular weight excluding hydrogens is 430 g/mol. The van der Waals surface area contributed by atoms with Crippen LogP contribution >= 0.6 is 0 Å². The first-order valence-electron chi connectivity index (χ1n) is 14.0. The van der Waals surface area contributed by atoms with E-state index < -0.39 is 0 Å². The van der Waals surface area contributed by atoms with Gasteiger partial charge in [0.15, 0.2) is 0 Å². The highest BCUT2D eigenvalue weighted by Crippen LogP contribution is 2.46. The normalized spacial score (nSPS) is 20.8. The van der Waals surface area contributed by atoms with Crippen LogP contribution in [-0.2, 0) is 0 Å². The number of aliphatic hydroxyl groups is 1. The highest BCUT2D eigenvalue weighted by Gasteiger charge is 2.36. The van der Waals surface area contributed by atoms with Crippen molar-refractivity contribution in [2.75, 3.05) is 6.61 Å². The van der Waals surface area contributed by atoms with Crippen LogP contribution in [0.4, 0.5) is 0 Å². The van der Waals surface area contributed by atoms with Crippen molar-refractivity contribution in [3.05, 3.63) is 54.1 Å². The third-order valence-electron chi connectivity index (χ3n) is 7.76. The van der Waals surface area contributed by atoms with Gasteiger partial charge in [0.2, 0.25) is 0 Å². The van der Waals surface area contributed by atoms with Gasteiger partial charge in [0.25, 0.3) is 0 Å². The zero-order chi connectivity index (χ0) is 24.9. The summed E-state index contributed by atoms with van der Waals surface area (Å²) in [6, 6.07) is 20.2. The molecule has 3 heteroatoms. The van der Waals surface area contributed by atoms with Crippen molar-refractivity contribution in [1.82, 2.24) is 0 Å². The van der Waals surface area contributed by atoms with Crippen LogP contribution in [0.3, 0.4) is 0 Å². The molecule has 190 valence electrons. The van der Waals surface area contributed by atoms with Crippen LogP contribution in [0, 0.1) is 16.7 Å². The summed E-state index contributed by atoms with van der Waals surface area (Å²) in [5.74, 6) is 1.43. The summed E-state index contributed by atoms with van der Waals surface area (Å²) in [7, 11) is 0. The molecule has 35 heavy (non-hydrogen) atoms. The molecule has 2 aromatic carbocycles. The minimum Gasteiger partial charge on any atom is -0.490 e. The largest absolute Gasteiger partial charge is 0.490 e. The molecule has 1 aliphatic carbocycles. The molecule has 3 rings (SSSR count). The third kappa shape index (κ3) is 8.11.